The second kappa shape index (κ2) is 7.44. The number of benzene rings is 2. The monoisotopic (exact) mass is 448 g/mol. The van der Waals surface area contributed by atoms with Crippen LogP contribution in [0.3, 0.4) is 0 Å². The van der Waals surface area contributed by atoms with Gasteiger partial charge >= 0.3 is 0 Å². The highest BCUT2D eigenvalue weighted by Gasteiger charge is 2.43. The van der Waals surface area contributed by atoms with Gasteiger partial charge in [-0.1, -0.05) is 19.3 Å². The first-order valence-corrected chi connectivity index (χ1v) is 12.7. The number of nitrogens with zero attached hydrogens (tertiary/aromatic N) is 2. The zero-order valence-corrected chi connectivity index (χ0v) is 18.6. The third kappa shape index (κ3) is 2.73. The molecule has 2 fully saturated rings. The molecule has 7 heteroatoms. The molecule has 1 saturated carbocycles. The number of carbonyl (C=O) groups is 4. The van der Waals surface area contributed by atoms with E-state index < -0.39 is 0 Å². The molecular weight excluding hydrogens is 424 g/mol. The summed E-state index contributed by atoms with van der Waals surface area (Å²) in [6.07, 6.45) is 6.61. The van der Waals surface area contributed by atoms with Crippen LogP contribution in [0.2, 0.25) is 0 Å². The lowest BCUT2D eigenvalue weighted by atomic mass is 9.84. The topological polar surface area (TPSA) is 74.8 Å². The summed E-state index contributed by atoms with van der Waals surface area (Å²) in [5, 5.41) is 0.945. The smallest absolute Gasteiger partial charge is 0.261 e. The van der Waals surface area contributed by atoms with Gasteiger partial charge in [0.15, 0.2) is 0 Å². The Morgan fingerprint density at radius 3 is 1.47 bits per heavy atom. The molecule has 0 spiro atoms. The Kier molecular flexibility index (Phi) is 4.64. The van der Waals surface area contributed by atoms with E-state index >= 15 is 0 Å². The normalized spacial score (nSPS) is 23.9. The second-order valence-corrected chi connectivity index (χ2v) is 10.3. The standard InChI is InChI=1S/C25H24N2O4S/c28-22-16-8-10-18-21-19(25(31)27(24(18)30)15-7-4-12-32-13-15)11-9-17(20(16)21)23(29)26(22)14-5-2-1-3-6-14/h8-11,14-15H,1-7,12-13H2. The number of hydrogen-bond acceptors (Lipinski definition) is 5. The van der Waals surface area contributed by atoms with Crippen molar-refractivity contribution in [3.63, 3.8) is 0 Å². The van der Waals surface area contributed by atoms with Gasteiger partial charge in [0.1, 0.15) is 0 Å². The van der Waals surface area contributed by atoms with Crippen LogP contribution in [0.1, 0.15) is 86.4 Å². The van der Waals surface area contributed by atoms with Crippen molar-refractivity contribution in [1.29, 1.82) is 0 Å². The van der Waals surface area contributed by atoms with E-state index in [0.29, 0.717) is 33.0 Å². The van der Waals surface area contributed by atoms with E-state index in [1.54, 1.807) is 36.0 Å². The highest BCUT2D eigenvalue weighted by atomic mass is 32.2. The van der Waals surface area contributed by atoms with Crippen molar-refractivity contribution in [2.45, 2.75) is 57.0 Å². The summed E-state index contributed by atoms with van der Waals surface area (Å²) >= 11 is 1.77. The average molecular weight is 449 g/mol. The van der Waals surface area contributed by atoms with Crippen LogP contribution in [0.4, 0.5) is 0 Å². The number of hydrogen-bond donors (Lipinski definition) is 0. The van der Waals surface area contributed by atoms with Gasteiger partial charge in [0.2, 0.25) is 0 Å². The first kappa shape index (κ1) is 20.0. The number of carbonyl (C=O) groups excluding carboxylic acids is 4. The van der Waals surface area contributed by atoms with Crippen LogP contribution in [0.5, 0.6) is 0 Å². The van der Waals surface area contributed by atoms with Crippen LogP contribution < -0.4 is 0 Å². The molecular formula is C25H24N2O4S. The summed E-state index contributed by atoms with van der Waals surface area (Å²) in [5.41, 5.74) is 1.69. The van der Waals surface area contributed by atoms with Crippen molar-refractivity contribution in [1.82, 2.24) is 9.80 Å². The van der Waals surface area contributed by atoms with Gasteiger partial charge in [-0.15, -0.1) is 0 Å². The predicted molar refractivity (Wildman–Crippen MR) is 122 cm³/mol. The number of imide groups is 2. The third-order valence-electron chi connectivity index (χ3n) is 7.40. The lowest BCUT2D eigenvalue weighted by Gasteiger charge is -2.38. The van der Waals surface area contributed by atoms with E-state index in [4.69, 9.17) is 0 Å². The summed E-state index contributed by atoms with van der Waals surface area (Å²) in [6.45, 7) is 0. The van der Waals surface area contributed by atoms with Gasteiger partial charge in [0, 0.05) is 50.9 Å². The molecule has 4 amide bonds. The zero-order chi connectivity index (χ0) is 22.0. The highest BCUT2D eigenvalue weighted by Crippen LogP contribution is 2.40. The van der Waals surface area contributed by atoms with Crippen LogP contribution in [-0.2, 0) is 0 Å². The van der Waals surface area contributed by atoms with E-state index in [9.17, 15) is 19.2 Å². The summed E-state index contributed by atoms with van der Waals surface area (Å²) < 4.78 is 0. The van der Waals surface area contributed by atoms with Crippen LogP contribution in [-0.4, -0.2) is 57.0 Å². The average Bonchev–Trinajstić information content (AvgIpc) is 2.83. The fourth-order valence-electron chi connectivity index (χ4n) is 5.84. The molecule has 4 aliphatic rings. The zero-order valence-electron chi connectivity index (χ0n) is 17.8. The SMILES string of the molecule is O=C1c2ccc3c4c(ccc(c24)C(=O)N1C1CCCCC1)C(=O)N(C1CCCSC1)C3=O. The molecule has 1 aliphatic carbocycles. The van der Waals surface area contributed by atoms with Crippen molar-refractivity contribution < 1.29 is 19.2 Å². The number of rotatable bonds is 2. The van der Waals surface area contributed by atoms with Gasteiger partial charge in [-0.25, -0.2) is 0 Å². The van der Waals surface area contributed by atoms with Crippen molar-refractivity contribution in [2.75, 3.05) is 11.5 Å². The number of amides is 4. The van der Waals surface area contributed by atoms with E-state index in [1.165, 1.54) is 9.80 Å². The molecule has 32 heavy (non-hydrogen) atoms. The first-order valence-electron chi connectivity index (χ1n) is 11.5. The summed E-state index contributed by atoms with van der Waals surface area (Å²) in [7, 11) is 0. The highest BCUT2D eigenvalue weighted by molar-refractivity contribution is 7.99. The lowest BCUT2D eigenvalue weighted by Crippen LogP contribution is -2.50. The van der Waals surface area contributed by atoms with Crippen LogP contribution in [0.25, 0.3) is 10.8 Å². The molecule has 0 aromatic heterocycles. The van der Waals surface area contributed by atoms with Gasteiger partial charge in [-0.3, -0.25) is 29.0 Å². The lowest BCUT2D eigenvalue weighted by molar-refractivity contribution is 0.0493. The molecule has 2 aromatic rings. The second-order valence-electron chi connectivity index (χ2n) is 9.19. The molecule has 164 valence electrons. The predicted octanol–water partition coefficient (Wildman–Crippen LogP) is 4.26. The Bertz CT molecular complexity index is 1030. The molecule has 3 heterocycles. The van der Waals surface area contributed by atoms with E-state index in [2.05, 4.69) is 0 Å². The van der Waals surface area contributed by atoms with Gasteiger partial charge in [-0.2, -0.15) is 11.8 Å². The van der Waals surface area contributed by atoms with E-state index in [-0.39, 0.29) is 35.7 Å². The van der Waals surface area contributed by atoms with E-state index in [0.717, 1.165) is 56.5 Å². The quantitative estimate of drug-likeness (QED) is 0.642. The Morgan fingerprint density at radius 1 is 0.594 bits per heavy atom. The molecule has 1 atom stereocenters. The molecule has 2 aromatic carbocycles. The largest absolute Gasteiger partial charge is 0.271 e. The molecule has 0 bridgehead atoms. The maximum Gasteiger partial charge on any atom is 0.261 e. The van der Waals surface area contributed by atoms with Crippen LogP contribution in [0.15, 0.2) is 24.3 Å². The van der Waals surface area contributed by atoms with Gasteiger partial charge in [0.25, 0.3) is 23.6 Å². The summed E-state index contributed by atoms with van der Waals surface area (Å²) in [6, 6.07) is 6.51. The Morgan fingerprint density at radius 2 is 1.03 bits per heavy atom. The van der Waals surface area contributed by atoms with E-state index in [1.807, 2.05) is 0 Å². The molecule has 1 saturated heterocycles. The van der Waals surface area contributed by atoms with Crippen molar-refractivity contribution in [3.05, 3.63) is 46.5 Å². The first-order chi connectivity index (χ1) is 15.6. The Labute approximate surface area is 190 Å². The number of thioether (sulfide) groups is 1. The molecule has 3 aliphatic heterocycles. The van der Waals surface area contributed by atoms with Crippen molar-refractivity contribution >= 4 is 46.2 Å². The minimum absolute atomic E-state index is 0.0817. The van der Waals surface area contributed by atoms with Gasteiger partial charge in [-0.05, 0) is 55.7 Å². The molecule has 6 rings (SSSR count). The summed E-state index contributed by atoms with van der Waals surface area (Å²) in [4.78, 5) is 56.6. The minimum atomic E-state index is -0.312. The minimum Gasteiger partial charge on any atom is -0.271 e. The maximum atomic E-state index is 13.4. The van der Waals surface area contributed by atoms with Gasteiger partial charge < -0.3 is 0 Å². The van der Waals surface area contributed by atoms with Gasteiger partial charge in [0.05, 0.1) is 0 Å². The molecule has 1 unspecified atom stereocenters. The molecule has 0 N–H and O–H groups in total. The Hall–Kier alpha value is -2.67. The fourth-order valence-corrected chi connectivity index (χ4v) is 6.97. The van der Waals surface area contributed by atoms with Crippen LogP contribution in [0, 0.1) is 0 Å². The Balaban J connectivity index is 1.49. The fraction of sp³-hybridized carbons (Fsp3) is 0.440. The van der Waals surface area contributed by atoms with Crippen LogP contribution >= 0.6 is 11.8 Å². The molecule has 6 nitrogen and oxygen atoms in total. The third-order valence-corrected chi connectivity index (χ3v) is 8.60. The van der Waals surface area contributed by atoms with Crippen molar-refractivity contribution in [3.8, 4) is 0 Å². The summed E-state index contributed by atoms with van der Waals surface area (Å²) in [5.74, 6) is 0.571. The molecule has 0 radical (unpaired) electrons. The maximum absolute atomic E-state index is 13.4. The van der Waals surface area contributed by atoms with Crippen molar-refractivity contribution in [2.24, 2.45) is 0 Å².